The van der Waals surface area contributed by atoms with Gasteiger partial charge < -0.3 is 10.0 Å². The van der Waals surface area contributed by atoms with Crippen molar-refractivity contribution in [2.24, 2.45) is 0 Å². The highest BCUT2D eigenvalue weighted by atomic mass is 79.9. The van der Waals surface area contributed by atoms with Gasteiger partial charge in [-0.25, -0.2) is 0 Å². The van der Waals surface area contributed by atoms with E-state index in [2.05, 4.69) is 41.9 Å². The van der Waals surface area contributed by atoms with Crippen LogP contribution in [-0.4, -0.2) is 40.4 Å². The Bertz CT molecular complexity index is 631. The van der Waals surface area contributed by atoms with E-state index in [4.69, 9.17) is 11.6 Å². The second-order valence-corrected chi connectivity index (χ2v) is 7.10. The molecule has 114 valence electrons. The van der Waals surface area contributed by atoms with E-state index in [1.807, 2.05) is 30.9 Å². The zero-order valence-electron chi connectivity index (χ0n) is 11.7. The summed E-state index contributed by atoms with van der Waals surface area (Å²) in [4.78, 5) is 2.07. The first kappa shape index (κ1) is 17.0. The van der Waals surface area contributed by atoms with Crippen LogP contribution in [0.3, 0.4) is 0 Å². The van der Waals surface area contributed by atoms with E-state index in [1.54, 1.807) is 12.3 Å². The summed E-state index contributed by atoms with van der Waals surface area (Å²) in [5.41, 5.74) is 1.46. The SMILES string of the molecule is CN(C)CCn1ncc(Br)c1C(O)c1ccc(Br)c(Cl)c1. The molecule has 0 spiro atoms. The first-order valence-electron chi connectivity index (χ1n) is 6.39. The van der Waals surface area contributed by atoms with Gasteiger partial charge in [-0.05, 0) is 63.7 Å². The summed E-state index contributed by atoms with van der Waals surface area (Å²) in [6.45, 7) is 1.55. The van der Waals surface area contributed by atoms with Crippen molar-refractivity contribution in [3.05, 3.63) is 49.6 Å². The Morgan fingerprint density at radius 2 is 2.05 bits per heavy atom. The second-order valence-electron chi connectivity index (χ2n) is 4.98. The number of hydrogen-bond acceptors (Lipinski definition) is 3. The Labute approximate surface area is 146 Å². The standard InChI is InChI=1S/C14H16Br2ClN3O/c1-19(2)5-6-20-13(11(16)8-18-20)14(21)9-3-4-10(15)12(17)7-9/h3-4,7-8,14,21H,5-6H2,1-2H3. The molecule has 7 heteroatoms. The molecule has 0 aliphatic heterocycles. The molecular weight excluding hydrogens is 421 g/mol. The first-order valence-corrected chi connectivity index (χ1v) is 8.35. The van der Waals surface area contributed by atoms with Crippen molar-refractivity contribution in [1.29, 1.82) is 0 Å². The highest BCUT2D eigenvalue weighted by molar-refractivity contribution is 9.10. The van der Waals surface area contributed by atoms with Crippen LogP contribution in [0.5, 0.6) is 0 Å². The lowest BCUT2D eigenvalue weighted by molar-refractivity contribution is 0.205. The fourth-order valence-electron chi connectivity index (χ4n) is 1.96. The third kappa shape index (κ3) is 4.07. The molecule has 0 fully saturated rings. The van der Waals surface area contributed by atoms with Gasteiger partial charge in [0.05, 0.1) is 27.9 Å². The fraction of sp³-hybridized carbons (Fsp3) is 0.357. The van der Waals surface area contributed by atoms with E-state index >= 15 is 0 Å². The molecule has 1 heterocycles. The molecule has 1 unspecified atom stereocenters. The van der Waals surface area contributed by atoms with Crippen molar-refractivity contribution in [2.45, 2.75) is 12.6 Å². The molecule has 2 rings (SSSR count). The summed E-state index contributed by atoms with van der Waals surface area (Å²) in [7, 11) is 4.01. The Kier molecular flexibility index (Phi) is 5.85. The number of likely N-dealkylation sites (N-methyl/N-ethyl adjacent to an activating group) is 1. The number of aliphatic hydroxyl groups excluding tert-OH is 1. The number of nitrogens with zero attached hydrogens (tertiary/aromatic N) is 3. The maximum atomic E-state index is 10.6. The molecule has 2 aromatic rings. The molecule has 4 nitrogen and oxygen atoms in total. The smallest absolute Gasteiger partial charge is 0.122 e. The largest absolute Gasteiger partial charge is 0.382 e. The predicted octanol–water partition coefficient (Wildman–Crippen LogP) is 3.70. The zero-order valence-corrected chi connectivity index (χ0v) is 15.7. The quantitative estimate of drug-likeness (QED) is 0.776. The van der Waals surface area contributed by atoms with Crippen LogP contribution in [0.25, 0.3) is 0 Å². The molecule has 0 amide bonds. The van der Waals surface area contributed by atoms with Crippen molar-refractivity contribution in [1.82, 2.24) is 14.7 Å². The summed E-state index contributed by atoms with van der Waals surface area (Å²) < 4.78 is 3.40. The van der Waals surface area contributed by atoms with Crippen molar-refractivity contribution in [2.75, 3.05) is 20.6 Å². The Balaban J connectivity index is 2.31. The molecule has 0 radical (unpaired) electrons. The van der Waals surface area contributed by atoms with Crippen molar-refractivity contribution < 1.29 is 5.11 Å². The third-order valence-electron chi connectivity index (χ3n) is 3.11. The van der Waals surface area contributed by atoms with Crippen LogP contribution in [0.4, 0.5) is 0 Å². The van der Waals surface area contributed by atoms with Gasteiger partial charge in [-0.15, -0.1) is 0 Å². The van der Waals surface area contributed by atoms with Gasteiger partial charge in [0, 0.05) is 11.0 Å². The normalized spacial score (nSPS) is 12.9. The molecule has 0 aliphatic carbocycles. The maximum absolute atomic E-state index is 10.6. The highest BCUT2D eigenvalue weighted by Gasteiger charge is 2.20. The van der Waals surface area contributed by atoms with Gasteiger partial charge >= 0.3 is 0 Å². The third-order valence-corrected chi connectivity index (χ3v) is 4.95. The lowest BCUT2D eigenvalue weighted by Crippen LogP contribution is -2.21. The van der Waals surface area contributed by atoms with Crippen LogP contribution in [-0.2, 0) is 6.54 Å². The molecule has 0 bridgehead atoms. The molecular formula is C14H16Br2ClN3O. The summed E-state index contributed by atoms with van der Waals surface area (Å²) in [6, 6.07) is 5.43. The van der Waals surface area contributed by atoms with E-state index < -0.39 is 6.10 Å². The summed E-state index contributed by atoms with van der Waals surface area (Å²) in [5, 5.41) is 15.5. The Hall–Kier alpha value is -0.400. The lowest BCUT2D eigenvalue weighted by Gasteiger charge is -2.17. The maximum Gasteiger partial charge on any atom is 0.122 e. The van der Waals surface area contributed by atoms with Crippen LogP contribution < -0.4 is 0 Å². The topological polar surface area (TPSA) is 41.3 Å². The number of aromatic nitrogens is 2. The zero-order chi connectivity index (χ0) is 15.6. The Morgan fingerprint density at radius 3 is 2.67 bits per heavy atom. The van der Waals surface area contributed by atoms with Crippen LogP contribution in [0.1, 0.15) is 17.4 Å². The summed E-state index contributed by atoms with van der Waals surface area (Å²) >= 11 is 12.9. The minimum Gasteiger partial charge on any atom is -0.382 e. The van der Waals surface area contributed by atoms with Gasteiger partial charge in [-0.3, -0.25) is 4.68 Å². The molecule has 1 N–H and O–H groups in total. The van der Waals surface area contributed by atoms with Crippen molar-refractivity contribution in [3.8, 4) is 0 Å². The van der Waals surface area contributed by atoms with Gasteiger partial charge in [-0.2, -0.15) is 5.10 Å². The van der Waals surface area contributed by atoms with E-state index in [0.29, 0.717) is 11.6 Å². The molecule has 21 heavy (non-hydrogen) atoms. The van der Waals surface area contributed by atoms with E-state index in [1.165, 1.54) is 0 Å². The number of hydrogen-bond donors (Lipinski definition) is 1. The number of aliphatic hydroxyl groups is 1. The van der Waals surface area contributed by atoms with Crippen LogP contribution in [0.15, 0.2) is 33.3 Å². The minimum atomic E-state index is -0.783. The molecule has 1 atom stereocenters. The molecule has 0 saturated heterocycles. The van der Waals surface area contributed by atoms with Gasteiger partial charge in [0.1, 0.15) is 6.10 Å². The van der Waals surface area contributed by atoms with Crippen LogP contribution in [0.2, 0.25) is 5.02 Å². The molecule has 1 aromatic heterocycles. The molecule has 0 saturated carbocycles. The van der Waals surface area contributed by atoms with Crippen molar-refractivity contribution in [3.63, 3.8) is 0 Å². The van der Waals surface area contributed by atoms with Gasteiger partial charge in [0.2, 0.25) is 0 Å². The van der Waals surface area contributed by atoms with Crippen molar-refractivity contribution >= 4 is 43.5 Å². The second kappa shape index (κ2) is 7.24. The number of halogens is 3. The highest BCUT2D eigenvalue weighted by Crippen LogP contribution is 2.32. The fourth-order valence-corrected chi connectivity index (χ4v) is 2.91. The van der Waals surface area contributed by atoms with E-state index in [0.717, 1.165) is 26.7 Å². The lowest BCUT2D eigenvalue weighted by atomic mass is 10.1. The van der Waals surface area contributed by atoms with Gasteiger partial charge in [0.15, 0.2) is 0 Å². The minimum absolute atomic E-state index is 0.571. The first-order chi connectivity index (χ1) is 9.90. The van der Waals surface area contributed by atoms with E-state index in [9.17, 15) is 5.11 Å². The number of rotatable bonds is 5. The number of benzene rings is 1. The summed E-state index contributed by atoms with van der Waals surface area (Å²) in [6.07, 6.45) is 0.920. The monoisotopic (exact) mass is 435 g/mol. The van der Waals surface area contributed by atoms with E-state index in [-0.39, 0.29) is 0 Å². The average molecular weight is 438 g/mol. The van der Waals surface area contributed by atoms with Gasteiger partial charge in [0.25, 0.3) is 0 Å². The molecule has 1 aromatic carbocycles. The van der Waals surface area contributed by atoms with Crippen LogP contribution in [0, 0.1) is 0 Å². The van der Waals surface area contributed by atoms with Gasteiger partial charge in [-0.1, -0.05) is 17.7 Å². The average Bonchev–Trinajstić information content (AvgIpc) is 2.80. The predicted molar refractivity (Wildman–Crippen MR) is 91.7 cm³/mol. The Morgan fingerprint density at radius 1 is 1.33 bits per heavy atom. The van der Waals surface area contributed by atoms with Crippen LogP contribution >= 0.6 is 43.5 Å². The summed E-state index contributed by atoms with van der Waals surface area (Å²) in [5.74, 6) is 0. The molecule has 0 aliphatic rings.